The molecule has 2 aromatic rings. The van der Waals surface area contributed by atoms with Gasteiger partial charge in [0.15, 0.2) is 6.61 Å². The van der Waals surface area contributed by atoms with E-state index in [0.717, 1.165) is 35.2 Å². The van der Waals surface area contributed by atoms with Crippen LogP contribution in [-0.4, -0.2) is 42.2 Å². The lowest BCUT2D eigenvalue weighted by Crippen LogP contribution is -2.44. The molecule has 27 heavy (non-hydrogen) atoms. The lowest BCUT2D eigenvalue weighted by atomic mass is 9.92. The van der Waals surface area contributed by atoms with Crippen molar-refractivity contribution in [3.05, 3.63) is 41.4 Å². The standard InChI is InChI=1S/C21H24ClNO3S/c1-14-9-15(2)11-23(10-14)19(24)12-26-20(25)13-27-18-8-4-6-16-5-3-7-17(22)21(16)18/h3-8,14-15H,9-13H2,1-2H3/t14-,15-/m1/s1. The summed E-state index contributed by atoms with van der Waals surface area (Å²) in [6.07, 6.45) is 1.13. The highest BCUT2D eigenvalue weighted by Gasteiger charge is 2.25. The highest BCUT2D eigenvalue weighted by Crippen LogP contribution is 2.33. The van der Waals surface area contributed by atoms with Crippen molar-refractivity contribution in [2.75, 3.05) is 25.4 Å². The SMILES string of the molecule is C[C@@H]1C[C@@H](C)CN(C(=O)COC(=O)CSc2cccc3cccc(Cl)c23)C1. The molecule has 2 aromatic carbocycles. The number of piperidine rings is 1. The van der Waals surface area contributed by atoms with Crippen LogP contribution in [0, 0.1) is 11.8 Å². The minimum Gasteiger partial charge on any atom is -0.455 e. The number of esters is 1. The zero-order chi connectivity index (χ0) is 19.4. The number of likely N-dealkylation sites (tertiary alicyclic amines) is 1. The molecule has 0 radical (unpaired) electrons. The van der Waals surface area contributed by atoms with Crippen LogP contribution in [0.4, 0.5) is 0 Å². The smallest absolute Gasteiger partial charge is 0.316 e. The number of ether oxygens (including phenoxy) is 1. The van der Waals surface area contributed by atoms with Crippen LogP contribution in [-0.2, 0) is 14.3 Å². The number of halogens is 1. The Kier molecular flexibility index (Phi) is 6.66. The maximum atomic E-state index is 12.3. The maximum absolute atomic E-state index is 12.3. The summed E-state index contributed by atoms with van der Waals surface area (Å²) in [5.41, 5.74) is 0. The minimum atomic E-state index is -0.393. The van der Waals surface area contributed by atoms with Gasteiger partial charge in [-0.05, 0) is 35.8 Å². The van der Waals surface area contributed by atoms with E-state index in [1.807, 2.05) is 41.3 Å². The quantitative estimate of drug-likeness (QED) is 0.537. The number of nitrogens with zero attached hydrogens (tertiary/aromatic N) is 1. The van der Waals surface area contributed by atoms with Crippen LogP contribution in [0.5, 0.6) is 0 Å². The zero-order valence-electron chi connectivity index (χ0n) is 15.6. The third kappa shape index (κ3) is 5.17. The highest BCUT2D eigenvalue weighted by atomic mass is 35.5. The summed E-state index contributed by atoms with van der Waals surface area (Å²) < 4.78 is 5.21. The molecular formula is C21H24ClNO3S. The zero-order valence-corrected chi connectivity index (χ0v) is 17.2. The number of rotatable bonds is 5. The van der Waals surface area contributed by atoms with E-state index in [2.05, 4.69) is 13.8 Å². The van der Waals surface area contributed by atoms with Gasteiger partial charge in [0.1, 0.15) is 0 Å². The Bertz CT molecular complexity index is 826. The molecule has 0 N–H and O–H groups in total. The van der Waals surface area contributed by atoms with Gasteiger partial charge in [0.25, 0.3) is 5.91 Å². The number of hydrogen-bond acceptors (Lipinski definition) is 4. The normalized spacial score (nSPS) is 19.9. The third-order valence-electron chi connectivity index (χ3n) is 4.74. The molecule has 2 atom stereocenters. The second-order valence-corrected chi connectivity index (χ2v) is 8.71. The second-order valence-electron chi connectivity index (χ2n) is 7.29. The molecule has 6 heteroatoms. The molecule has 1 fully saturated rings. The first-order valence-corrected chi connectivity index (χ1v) is 10.5. The fourth-order valence-corrected chi connectivity index (χ4v) is 4.90. The number of carbonyl (C=O) groups excluding carboxylic acids is 2. The Hall–Kier alpha value is -1.72. The number of benzene rings is 2. The average Bonchev–Trinajstić information content (AvgIpc) is 2.63. The van der Waals surface area contributed by atoms with Gasteiger partial charge >= 0.3 is 5.97 Å². The van der Waals surface area contributed by atoms with E-state index in [-0.39, 0.29) is 18.3 Å². The van der Waals surface area contributed by atoms with Gasteiger partial charge < -0.3 is 9.64 Å². The predicted octanol–water partition coefficient (Wildman–Crippen LogP) is 4.63. The van der Waals surface area contributed by atoms with Crippen LogP contribution >= 0.6 is 23.4 Å². The summed E-state index contributed by atoms with van der Waals surface area (Å²) in [4.78, 5) is 27.2. The van der Waals surface area contributed by atoms with E-state index in [1.54, 1.807) is 0 Å². The molecule has 1 saturated heterocycles. The lowest BCUT2D eigenvalue weighted by Gasteiger charge is -2.34. The van der Waals surface area contributed by atoms with Gasteiger partial charge in [0, 0.05) is 28.4 Å². The summed E-state index contributed by atoms with van der Waals surface area (Å²) in [7, 11) is 0. The Morgan fingerprint density at radius 1 is 1.15 bits per heavy atom. The van der Waals surface area contributed by atoms with Crippen LogP contribution in [0.25, 0.3) is 10.8 Å². The fourth-order valence-electron chi connectivity index (χ4n) is 3.66. The number of thioether (sulfide) groups is 1. The maximum Gasteiger partial charge on any atom is 0.316 e. The van der Waals surface area contributed by atoms with Crippen molar-refractivity contribution in [2.24, 2.45) is 11.8 Å². The molecule has 0 aliphatic carbocycles. The Morgan fingerprint density at radius 2 is 1.81 bits per heavy atom. The Balaban J connectivity index is 1.53. The van der Waals surface area contributed by atoms with Crippen molar-refractivity contribution in [1.82, 2.24) is 4.90 Å². The molecule has 0 unspecified atom stereocenters. The highest BCUT2D eigenvalue weighted by molar-refractivity contribution is 8.00. The van der Waals surface area contributed by atoms with Crippen LogP contribution < -0.4 is 0 Å². The van der Waals surface area contributed by atoms with Crippen molar-refractivity contribution >= 4 is 46.0 Å². The van der Waals surface area contributed by atoms with Crippen molar-refractivity contribution in [2.45, 2.75) is 25.2 Å². The summed E-state index contributed by atoms with van der Waals surface area (Å²) in [5, 5.41) is 2.63. The Labute approximate surface area is 169 Å². The fraction of sp³-hybridized carbons (Fsp3) is 0.429. The second kappa shape index (κ2) is 8.98. The first kappa shape index (κ1) is 20.0. The molecule has 0 aromatic heterocycles. The van der Waals surface area contributed by atoms with E-state index in [4.69, 9.17) is 16.3 Å². The van der Waals surface area contributed by atoms with E-state index in [1.165, 1.54) is 11.8 Å². The van der Waals surface area contributed by atoms with Gasteiger partial charge in [-0.1, -0.05) is 49.7 Å². The van der Waals surface area contributed by atoms with Crippen LogP contribution in [0.2, 0.25) is 5.02 Å². The minimum absolute atomic E-state index is 0.111. The molecule has 1 amide bonds. The van der Waals surface area contributed by atoms with Gasteiger partial charge in [-0.2, -0.15) is 0 Å². The molecule has 1 aliphatic rings. The average molecular weight is 406 g/mol. The summed E-state index contributed by atoms with van der Waals surface area (Å²) >= 11 is 7.69. The van der Waals surface area contributed by atoms with Gasteiger partial charge in [0.2, 0.25) is 0 Å². The number of amides is 1. The van der Waals surface area contributed by atoms with Crippen molar-refractivity contribution < 1.29 is 14.3 Å². The summed E-state index contributed by atoms with van der Waals surface area (Å²) in [5.74, 6) is 0.611. The monoisotopic (exact) mass is 405 g/mol. The molecule has 3 rings (SSSR count). The number of hydrogen-bond donors (Lipinski definition) is 0. The van der Waals surface area contributed by atoms with Crippen LogP contribution in [0.1, 0.15) is 20.3 Å². The molecule has 1 heterocycles. The largest absolute Gasteiger partial charge is 0.455 e. The molecule has 0 spiro atoms. The lowest BCUT2D eigenvalue weighted by molar-refractivity contribution is -0.151. The summed E-state index contributed by atoms with van der Waals surface area (Å²) in [6.45, 7) is 5.59. The molecule has 4 nitrogen and oxygen atoms in total. The van der Waals surface area contributed by atoms with E-state index in [9.17, 15) is 9.59 Å². The van der Waals surface area contributed by atoms with Gasteiger partial charge in [0.05, 0.1) is 5.75 Å². The first-order chi connectivity index (χ1) is 12.9. The van der Waals surface area contributed by atoms with Crippen molar-refractivity contribution in [3.63, 3.8) is 0 Å². The molecule has 0 saturated carbocycles. The molecule has 1 aliphatic heterocycles. The van der Waals surface area contributed by atoms with Crippen molar-refractivity contribution in [3.8, 4) is 0 Å². The van der Waals surface area contributed by atoms with Gasteiger partial charge in [-0.25, -0.2) is 0 Å². The molecule has 144 valence electrons. The van der Waals surface area contributed by atoms with Gasteiger partial charge in [-0.15, -0.1) is 11.8 Å². The number of fused-ring (bicyclic) bond motifs is 1. The Morgan fingerprint density at radius 3 is 2.52 bits per heavy atom. The van der Waals surface area contributed by atoms with Crippen LogP contribution in [0.15, 0.2) is 41.3 Å². The van der Waals surface area contributed by atoms with Gasteiger partial charge in [-0.3, -0.25) is 9.59 Å². The third-order valence-corrected chi connectivity index (χ3v) is 6.09. The predicted molar refractivity (Wildman–Crippen MR) is 110 cm³/mol. The summed E-state index contributed by atoms with van der Waals surface area (Å²) in [6, 6.07) is 11.6. The number of carbonyl (C=O) groups is 2. The van der Waals surface area contributed by atoms with Crippen LogP contribution in [0.3, 0.4) is 0 Å². The van der Waals surface area contributed by atoms with Crippen molar-refractivity contribution in [1.29, 1.82) is 0 Å². The van der Waals surface area contributed by atoms with E-state index >= 15 is 0 Å². The first-order valence-electron chi connectivity index (χ1n) is 9.17. The van der Waals surface area contributed by atoms with E-state index in [0.29, 0.717) is 16.9 Å². The topological polar surface area (TPSA) is 46.6 Å². The molecular weight excluding hydrogens is 382 g/mol. The molecule has 0 bridgehead atoms. The van der Waals surface area contributed by atoms with E-state index < -0.39 is 5.97 Å².